The number of ether oxygens (including phenoxy) is 1. The SMILES string of the molecule is COC(=O)c1cc2cc(NC(=O)Cc3ccccc3)cnc2[nH]1. The predicted octanol–water partition coefficient (Wildman–Crippen LogP) is 2.53. The monoisotopic (exact) mass is 309 g/mol. The summed E-state index contributed by atoms with van der Waals surface area (Å²) in [4.78, 5) is 30.6. The molecule has 2 heterocycles. The van der Waals surface area contributed by atoms with Gasteiger partial charge in [-0.25, -0.2) is 9.78 Å². The highest BCUT2D eigenvalue weighted by atomic mass is 16.5. The maximum absolute atomic E-state index is 12.1. The number of carbonyl (C=O) groups is 2. The summed E-state index contributed by atoms with van der Waals surface area (Å²) < 4.78 is 4.66. The van der Waals surface area contributed by atoms with Crippen LogP contribution < -0.4 is 5.32 Å². The Morgan fingerprint density at radius 2 is 2.00 bits per heavy atom. The second-order valence-corrected chi connectivity index (χ2v) is 5.05. The largest absolute Gasteiger partial charge is 0.464 e. The van der Waals surface area contributed by atoms with Crippen LogP contribution in [0.1, 0.15) is 16.1 Å². The number of anilines is 1. The molecule has 0 aliphatic rings. The normalized spacial score (nSPS) is 10.5. The third-order valence-corrected chi connectivity index (χ3v) is 3.37. The van der Waals surface area contributed by atoms with Crippen LogP contribution in [0, 0.1) is 0 Å². The minimum absolute atomic E-state index is 0.124. The van der Waals surface area contributed by atoms with E-state index >= 15 is 0 Å². The number of H-pyrrole nitrogens is 1. The van der Waals surface area contributed by atoms with Crippen LogP contribution in [0.4, 0.5) is 5.69 Å². The molecule has 23 heavy (non-hydrogen) atoms. The molecule has 0 bridgehead atoms. The van der Waals surface area contributed by atoms with Crippen LogP contribution in [0.25, 0.3) is 11.0 Å². The van der Waals surface area contributed by atoms with Crippen molar-refractivity contribution in [2.75, 3.05) is 12.4 Å². The number of hydrogen-bond donors (Lipinski definition) is 2. The number of aromatic nitrogens is 2. The second kappa shape index (κ2) is 6.31. The lowest BCUT2D eigenvalue weighted by Gasteiger charge is -2.05. The second-order valence-electron chi connectivity index (χ2n) is 5.05. The molecule has 2 aromatic heterocycles. The Morgan fingerprint density at radius 3 is 2.74 bits per heavy atom. The third-order valence-electron chi connectivity index (χ3n) is 3.37. The summed E-state index contributed by atoms with van der Waals surface area (Å²) >= 11 is 0. The van der Waals surface area contributed by atoms with Crippen molar-refractivity contribution < 1.29 is 14.3 Å². The summed E-state index contributed by atoms with van der Waals surface area (Å²) in [5.41, 5.74) is 2.40. The number of pyridine rings is 1. The Kier molecular flexibility index (Phi) is 4.05. The number of rotatable bonds is 4. The summed E-state index contributed by atoms with van der Waals surface area (Å²) in [6, 6.07) is 12.9. The maximum atomic E-state index is 12.1. The molecule has 0 saturated heterocycles. The van der Waals surface area contributed by atoms with E-state index in [2.05, 4.69) is 20.0 Å². The van der Waals surface area contributed by atoms with Gasteiger partial charge in [-0.2, -0.15) is 0 Å². The molecule has 0 aliphatic carbocycles. The zero-order chi connectivity index (χ0) is 16.2. The first-order valence-corrected chi connectivity index (χ1v) is 7.06. The maximum Gasteiger partial charge on any atom is 0.354 e. The van der Waals surface area contributed by atoms with Gasteiger partial charge in [-0.15, -0.1) is 0 Å². The number of nitrogens with zero attached hydrogens (tertiary/aromatic N) is 1. The molecule has 1 amide bonds. The number of aromatic amines is 1. The van der Waals surface area contributed by atoms with Crippen molar-refractivity contribution in [3.63, 3.8) is 0 Å². The van der Waals surface area contributed by atoms with Crippen molar-refractivity contribution in [3.05, 3.63) is 59.9 Å². The van der Waals surface area contributed by atoms with Gasteiger partial charge in [0, 0.05) is 5.39 Å². The summed E-state index contributed by atoms with van der Waals surface area (Å²) in [7, 11) is 1.32. The molecule has 6 nitrogen and oxygen atoms in total. The molecule has 6 heteroatoms. The van der Waals surface area contributed by atoms with Crippen LogP contribution in [-0.4, -0.2) is 29.0 Å². The van der Waals surface area contributed by atoms with Crippen molar-refractivity contribution in [2.24, 2.45) is 0 Å². The van der Waals surface area contributed by atoms with Gasteiger partial charge in [0.2, 0.25) is 5.91 Å². The summed E-state index contributed by atoms with van der Waals surface area (Å²) in [5.74, 6) is -0.584. The van der Waals surface area contributed by atoms with Crippen LogP contribution in [-0.2, 0) is 16.0 Å². The van der Waals surface area contributed by atoms with E-state index in [1.54, 1.807) is 18.3 Å². The molecule has 116 valence electrons. The fourth-order valence-corrected chi connectivity index (χ4v) is 2.29. The van der Waals surface area contributed by atoms with E-state index in [0.717, 1.165) is 10.9 Å². The van der Waals surface area contributed by atoms with Crippen molar-refractivity contribution in [1.82, 2.24) is 9.97 Å². The van der Waals surface area contributed by atoms with Crippen LogP contribution in [0.2, 0.25) is 0 Å². The Labute approximate surface area is 132 Å². The molecule has 3 aromatic rings. The van der Waals surface area contributed by atoms with Gasteiger partial charge in [0.1, 0.15) is 11.3 Å². The smallest absolute Gasteiger partial charge is 0.354 e. The van der Waals surface area contributed by atoms with Crippen LogP contribution in [0.5, 0.6) is 0 Å². The molecular weight excluding hydrogens is 294 g/mol. The Balaban J connectivity index is 1.75. The average Bonchev–Trinajstić information content (AvgIpc) is 2.98. The molecule has 3 rings (SSSR count). The number of carbonyl (C=O) groups excluding carboxylic acids is 2. The lowest BCUT2D eigenvalue weighted by Crippen LogP contribution is -2.14. The predicted molar refractivity (Wildman–Crippen MR) is 86.2 cm³/mol. The minimum Gasteiger partial charge on any atom is -0.464 e. The highest BCUT2D eigenvalue weighted by Crippen LogP contribution is 2.18. The number of esters is 1. The van der Waals surface area contributed by atoms with Crippen LogP contribution in [0.3, 0.4) is 0 Å². The minimum atomic E-state index is -0.460. The van der Waals surface area contributed by atoms with Gasteiger partial charge >= 0.3 is 5.97 Å². The van der Waals surface area contributed by atoms with Gasteiger partial charge in [-0.1, -0.05) is 30.3 Å². The molecule has 1 aromatic carbocycles. The Bertz CT molecular complexity index is 856. The van der Waals surface area contributed by atoms with Crippen molar-refractivity contribution in [2.45, 2.75) is 6.42 Å². The third kappa shape index (κ3) is 3.37. The number of hydrogen-bond acceptors (Lipinski definition) is 4. The number of benzene rings is 1. The van der Waals surface area contributed by atoms with Gasteiger partial charge in [0.15, 0.2) is 0 Å². The first kappa shape index (κ1) is 14.8. The molecular formula is C17H15N3O3. The summed E-state index contributed by atoms with van der Waals surface area (Å²) in [6.07, 6.45) is 1.84. The molecule has 0 radical (unpaired) electrons. The lowest BCUT2D eigenvalue weighted by atomic mass is 10.1. The van der Waals surface area contributed by atoms with Gasteiger partial charge in [-0.05, 0) is 17.7 Å². The van der Waals surface area contributed by atoms with E-state index < -0.39 is 5.97 Å². The van der Waals surface area contributed by atoms with Gasteiger partial charge in [0.05, 0.1) is 25.4 Å². The van der Waals surface area contributed by atoms with Gasteiger partial charge < -0.3 is 15.0 Å². The quantitative estimate of drug-likeness (QED) is 0.725. The summed E-state index contributed by atoms with van der Waals surface area (Å²) in [5, 5.41) is 3.53. The number of fused-ring (bicyclic) bond motifs is 1. The van der Waals surface area contributed by atoms with Crippen molar-refractivity contribution in [3.8, 4) is 0 Å². The zero-order valence-corrected chi connectivity index (χ0v) is 12.5. The van der Waals surface area contributed by atoms with E-state index in [4.69, 9.17) is 0 Å². The topological polar surface area (TPSA) is 84.1 Å². The Hall–Kier alpha value is -3.15. The van der Waals surface area contributed by atoms with E-state index in [1.165, 1.54) is 7.11 Å². The van der Waals surface area contributed by atoms with Crippen LogP contribution >= 0.6 is 0 Å². The molecule has 0 atom stereocenters. The zero-order valence-electron chi connectivity index (χ0n) is 12.5. The van der Waals surface area contributed by atoms with E-state index in [0.29, 0.717) is 23.4 Å². The van der Waals surface area contributed by atoms with Crippen LogP contribution in [0.15, 0.2) is 48.7 Å². The Morgan fingerprint density at radius 1 is 1.22 bits per heavy atom. The highest BCUT2D eigenvalue weighted by molar-refractivity contribution is 5.96. The number of methoxy groups -OCH3 is 1. The fraction of sp³-hybridized carbons (Fsp3) is 0.118. The number of nitrogens with one attached hydrogen (secondary N) is 2. The molecule has 0 saturated carbocycles. The fourth-order valence-electron chi connectivity index (χ4n) is 2.29. The lowest BCUT2D eigenvalue weighted by molar-refractivity contribution is -0.115. The van der Waals surface area contributed by atoms with E-state index in [-0.39, 0.29) is 5.91 Å². The first-order chi connectivity index (χ1) is 11.2. The average molecular weight is 309 g/mol. The van der Waals surface area contributed by atoms with Crippen molar-refractivity contribution in [1.29, 1.82) is 0 Å². The number of amides is 1. The van der Waals surface area contributed by atoms with Crippen molar-refractivity contribution >= 4 is 28.6 Å². The van der Waals surface area contributed by atoms with E-state index in [1.807, 2.05) is 30.3 Å². The molecule has 0 spiro atoms. The summed E-state index contributed by atoms with van der Waals surface area (Å²) in [6.45, 7) is 0. The van der Waals surface area contributed by atoms with Gasteiger partial charge in [-0.3, -0.25) is 4.79 Å². The molecule has 0 unspecified atom stereocenters. The van der Waals surface area contributed by atoms with E-state index in [9.17, 15) is 9.59 Å². The highest BCUT2D eigenvalue weighted by Gasteiger charge is 2.11. The molecule has 0 aliphatic heterocycles. The standard InChI is InChI=1S/C17H15N3O3/c1-23-17(22)14-9-12-8-13(10-18-16(12)20-14)19-15(21)7-11-5-3-2-4-6-11/h2-6,8-10H,7H2,1H3,(H,18,20)(H,19,21). The molecule has 0 fully saturated rings. The molecule has 2 N–H and O–H groups in total. The first-order valence-electron chi connectivity index (χ1n) is 7.06. The van der Waals surface area contributed by atoms with Gasteiger partial charge in [0.25, 0.3) is 0 Å².